The van der Waals surface area contributed by atoms with Gasteiger partial charge in [0.2, 0.25) is 11.8 Å². The van der Waals surface area contributed by atoms with Crippen molar-refractivity contribution in [3.05, 3.63) is 48.5 Å². The lowest BCUT2D eigenvalue weighted by Crippen LogP contribution is -1.98. The van der Waals surface area contributed by atoms with E-state index in [0.29, 0.717) is 11.8 Å². The monoisotopic (exact) mass is 338 g/mol. The first kappa shape index (κ1) is 13.8. The van der Waals surface area contributed by atoms with E-state index in [1.54, 1.807) is 14.2 Å². The molecule has 0 unspecified atom stereocenters. The van der Waals surface area contributed by atoms with Gasteiger partial charge < -0.3 is 9.47 Å². The average Bonchev–Trinajstić information content (AvgIpc) is 2.70. The normalized spacial score (nSPS) is 12.2. The number of hydrogen-bond donors (Lipinski definition) is 0. The first-order valence-corrected chi connectivity index (χ1v) is 8.52. The van der Waals surface area contributed by atoms with Crippen molar-refractivity contribution in [1.29, 1.82) is 0 Å². The third-order valence-corrected chi connectivity index (χ3v) is 5.37. The summed E-state index contributed by atoms with van der Waals surface area (Å²) in [5.41, 5.74) is 1.88. The molecule has 0 saturated carbocycles. The van der Waals surface area contributed by atoms with E-state index in [2.05, 4.69) is 36.4 Å². The Kier molecular flexibility index (Phi) is 2.45. The highest BCUT2D eigenvalue weighted by Crippen LogP contribution is 2.47. The van der Waals surface area contributed by atoms with Crippen molar-refractivity contribution in [3.8, 4) is 11.8 Å². The van der Waals surface area contributed by atoms with Crippen molar-refractivity contribution in [3.63, 3.8) is 0 Å². The Morgan fingerprint density at radius 2 is 1.00 bits per heavy atom. The van der Waals surface area contributed by atoms with Gasteiger partial charge in [-0.3, -0.25) is 0 Å². The maximum Gasteiger partial charge on any atom is 0.221 e. The molecule has 0 aliphatic carbocycles. The van der Waals surface area contributed by atoms with Crippen molar-refractivity contribution in [1.82, 2.24) is 9.97 Å². The molecular weight excluding hydrogens is 324 g/mol. The number of ether oxygens (including phenoxy) is 2. The van der Waals surface area contributed by atoms with Gasteiger partial charge in [-0.15, -0.1) is 0 Å². The Bertz CT molecular complexity index is 1340. The van der Waals surface area contributed by atoms with E-state index >= 15 is 0 Å². The molecular formula is C22H14N2O2. The van der Waals surface area contributed by atoms with Crippen molar-refractivity contribution >= 4 is 54.1 Å². The van der Waals surface area contributed by atoms with Crippen LogP contribution in [0, 0.1) is 0 Å². The van der Waals surface area contributed by atoms with Crippen LogP contribution in [0.1, 0.15) is 0 Å². The topological polar surface area (TPSA) is 44.2 Å². The van der Waals surface area contributed by atoms with E-state index in [-0.39, 0.29) is 0 Å². The van der Waals surface area contributed by atoms with Gasteiger partial charge in [-0.05, 0) is 35.0 Å². The lowest BCUT2D eigenvalue weighted by molar-refractivity contribution is 0.404. The van der Waals surface area contributed by atoms with Gasteiger partial charge >= 0.3 is 0 Å². The summed E-state index contributed by atoms with van der Waals surface area (Å²) in [5.74, 6) is 1.30. The molecule has 0 saturated heterocycles. The zero-order valence-corrected chi connectivity index (χ0v) is 14.3. The number of methoxy groups -OCH3 is 2. The van der Waals surface area contributed by atoms with Crippen molar-refractivity contribution in [2.75, 3.05) is 14.2 Å². The minimum Gasteiger partial charge on any atom is -0.481 e. The predicted molar refractivity (Wildman–Crippen MR) is 105 cm³/mol. The molecule has 124 valence electrons. The summed E-state index contributed by atoms with van der Waals surface area (Å²) in [6.45, 7) is 0. The summed E-state index contributed by atoms with van der Waals surface area (Å²) in [5, 5.41) is 9.10. The minimum atomic E-state index is 0.648. The van der Waals surface area contributed by atoms with Crippen LogP contribution in [0.5, 0.6) is 11.8 Å². The van der Waals surface area contributed by atoms with E-state index in [1.807, 2.05) is 12.1 Å². The maximum atomic E-state index is 5.61. The molecule has 0 N–H and O–H groups in total. The lowest BCUT2D eigenvalue weighted by Gasteiger charge is -2.19. The van der Waals surface area contributed by atoms with Crippen LogP contribution in [0.15, 0.2) is 48.5 Å². The zero-order valence-electron chi connectivity index (χ0n) is 14.3. The third-order valence-electron chi connectivity index (χ3n) is 5.37. The Morgan fingerprint density at radius 1 is 0.538 bits per heavy atom. The standard InChI is InChI=1S/C22H14N2O2/c1-25-21-13-9-10-14-20-18-12(6-4-8-16(18)24-22(14)26-2)11-5-3-7-15(23-21)17(11)19(13)20/h3-10H,1-2H3. The highest BCUT2D eigenvalue weighted by Gasteiger charge is 2.22. The molecule has 4 heteroatoms. The van der Waals surface area contributed by atoms with E-state index in [1.165, 1.54) is 32.3 Å². The molecule has 0 bridgehead atoms. The second kappa shape index (κ2) is 4.61. The number of hydrogen-bond acceptors (Lipinski definition) is 4. The second-order valence-corrected chi connectivity index (χ2v) is 6.55. The summed E-state index contributed by atoms with van der Waals surface area (Å²) >= 11 is 0. The fraction of sp³-hybridized carbons (Fsp3) is 0.0909. The first-order chi connectivity index (χ1) is 12.8. The van der Waals surface area contributed by atoms with E-state index in [9.17, 15) is 0 Å². The minimum absolute atomic E-state index is 0.648. The molecule has 26 heavy (non-hydrogen) atoms. The van der Waals surface area contributed by atoms with E-state index < -0.39 is 0 Å². The molecule has 0 aliphatic rings. The number of benzene rings is 4. The maximum absolute atomic E-state index is 5.61. The third kappa shape index (κ3) is 1.46. The Balaban J connectivity index is 2.11. The number of nitrogens with zero attached hydrogens (tertiary/aromatic N) is 2. The summed E-state index contributed by atoms with van der Waals surface area (Å²) in [6, 6.07) is 16.6. The van der Waals surface area contributed by atoms with Crippen LogP contribution in [0.25, 0.3) is 54.1 Å². The van der Waals surface area contributed by atoms with Gasteiger partial charge in [-0.2, -0.15) is 0 Å². The molecule has 4 nitrogen and oxygen atoms in total. The van der Waals surface area contributed by atoms with Crippen molar-refractivity contribution < 1.29 is 9.47 Å². The molecule has 0 atom stereocenters. The zero-order chi connectivity index (χ0) is 17.4. The SMILES string of the molecule is COc1nc2cccc3c4cccc5nc(OC)c6ccc1c(c23)c6c54. The predicted octanol–water partition coefficient (Wildman–Crippen LogP) is 5.14. The van der Waals surface area contributed by atoms with Gasteiger partial charge in [0.15, 0.2) is 0 Å². The average molecular weight is 338 g/mol. The molecule has 0 amide bonds. The fourth-order valence-corrected chi connectivity index (χ4v) is 4.37. The second-order valence-electron chi connectivity index (χ2n) is 6.55. The molecule has 0 spiro atoms. The van der Waals surface area contributed by atoms with Crippen LogP contribution in [0.4, 0.5) is 0 Å². The quantitative estimate of drug-likeness (QED) is 0.324. The summed E-state index contributed by atoms with van der Waals surface area (Å²) in [4.78, 5) is 9.51. The van der Waals surface area contributed by atoms with Gasteiger partial charge in [0.1, 0.15) is 0 Å². The number of pyridine rings is 2. The largest absolute Gasteiger partial charge is 0.481 e. The molecule has 6 aromatic rings. The molecule has 2 heterocycles. The van der Waals surface area contributed by atoms with Crippen molar-refractivity contribution in [2.24, 2.45) is 0 Å². The number of rotatable bonds is 2. The Morgan fingerprint density at radius 3 is 1.42 bits per heavy atom. The van der Waals surface area contributed by atoms with Gasteiger partial charge in [-0.25, -0.2) is 9.97 Å². The van der Waals surface area contributed by atoms with Crippen LogP contribution in [-0.4, -0.2) is 24.2 Å². The summed E-state index contributed by atoms with van der Waals surface area (Å²) < 4.78 is 11.2. The molecule has 0 radical (unpaired) electrons. The van der Waals surface area contributed by atoms with E-state index in [0.717, 1.165) is 21.8 Å². The van der Waals surface area contributed by atoms with Gasteiger partial charge in [0, 0.05) is 32.3 Å². The van der Waals surface area contributed by atoms with Crippen LogP contribution >= 0.6 is 0 Å². The van der Waals surface area contributed by atoms with Gasteiger partial charge in [0.25, 0.3) is 0 Å². The van der Waals surface area contributed by atoms with Crippen molar-refractivity contribution in [2.45, 2.75) is 0 Å². The first-order valence-electron chi connectivity index (χ1n) is 8.52. The fourth-order valence-electron chi connectivity index (χ4n) is 4.37. The Labute approximate surface area is 148 Å². The molecule has 6 rings (SSSR count). The number of fused-ring (bicyclic) bond motifs is 1. The highest BCUT2D eigenvalue weighted by molar-refractivity contribution is 6.39. The van der Waals surface area contributed by atoms with Gasteiger partial charge in [0.05, 0.1) is 25.3 Å². The Hall–Kier alpha value is -3.40. The van der Waals surface area contributed by atoms with Gasteiger partial charge in [-0.1, -0.05) is 24.3 Å². The number of aromatic nitrogens is 2. The lowest BCUT2D eigenvalue weighted by atomic mass is 9.89. The highest BCUT2D eigenvalue weighted by atomic mass is 16.5. The molecule has 4 aromatic carbocycles. The summed E-state index contributed by atoms with van der Waals surface area (Å²) in [6.07, 6.45) is 0. The van der Waals surface area contributed by atoms with Crippen LogP contribution < -0.4 is 9.47 Å². The molecule has 0 fully saturated rings. The van der Waals surface area contributed by atoms with Crippen LogP contribution in [0.3, 0.4) is 0 Å². The van der Waals surface area contributed by atoms with Crippen LogP contribution in [0.2, 0.25) is 0 Å². The van der Waals surface area contributed by atoms with Crippen LogP contribution in [-0.2, 0) is 0 Å². The molecule has 0 aliphatic heterocycles. The molecule has 2 aromatic heterocycles. The summed E-state index contributed by atoms with van der Waals surface area (Å²) in [7, 11) is 3.34. The smallest absolute Gasteiger partial charge is 0.221 e. The van der Waals surface area contributed by atoms with E-state index in [4.69, 9.17) is 19.4 Å².